The summed E-state index contributed by atoms with van der Waals surface area (Å²) >= 11 is 5.93. The number of phenols is 1. The molecule has 0 aliphatic heterocycles. The summed E-state index contributed by atoms with van der Waals surface area (Å²) in [5.74, 6) is -0.0558. The maximum absolute atomic E-state index is 12.5. The van der Waals surface area contributed by atoms with E-state index >= 15 is 0 Å². The van der Waals surface area contributed by atoms with E-state index in [4.69, 9.17) is 11.6 Å². The number of Topliss-reactive ketones (excluding diaryl/α,β-unsaturated/α-hetero) is 1. The third-order valence-corrected chi connectivity index (χ3v) is 4.93. The molecule has 0 radical (unpaired) electrons. The molecule has 0 saturated heterocycles. The first-order valence-electron chi connectivity index (χ1n) is 8.42. The fourth-order valence-electron chi connectivity index (χ4n) is 3.32. The molecule has 3 rings (SSSR count). The molecule has 4 nitrogen and oxygen atoms in total. The van der Waals surface area contributed by atoms with Crippen LogP contribution in [0.15, 0.2) is 48.5 Å². The number of halogens is 1. The van der Waals surface area contributed by atoms with Crippen LogP contribution >= 0.6 is 11.6 Å². The number of carbonyl (C=O) groups is 2. The second kappa shape index (κ2) is 7.70. The molecule has 0 unspecified atom stereocenters. The molecule has 0 heterocycles. The molecule has 1 aliphatic carbocycles. The molecule has 2 aromatic carbocycles. The lowest BCUT2D eigenvalue weighted by atomic mass is 9.78. The summed E-state index contributed by atoms with van der Waals surface area (Å²) in [5, 5.41) is 13.0. The minimum Gasteiger partial charge on any atom is -0.508 e. The van der Waals surface area contributed by atoms with Gasteiger partial charge in [0.05, 0.1) is 0 Å². The van der Waals surface area contributed by atoms with Crippen molar-refractivity contribution in [1.82, 2.24) is 0 Å². The van der Waals surface area contributed by atoms with Crippen LogP contribution in [0.3, 0.4) is 0 Å². The molecule has 0 atom stereocenters. The number of phenolic OH excluding ortho intramolecular Hbond substituents is 1. The van der Waals surface area contributed by atoms with Crippen molar-refractivity contribution in [3.05, 3.63) is 59.1 Å². The van der Waals surface area contributed by atoms with Crippen molar-refractivity contribution in [2.24, 2.45) is 11.8 Å². The Hall–Kier alpha value is -2.33. The van der Waals surface area contributed by atoms with Gasteiger partial charge in [0, 0.05) is 28.1 Å². The summed E-state index contributed by atoms with van der Waals surface area (Å²) < 4.78 is 0. The van der Waals surface area contributed by atoms with Gasteiger partial charge in [0.25, 0.3) is 0 Å². The standard InChI is InChI=1S/C20H20ClNO3/c21-16-4-2-5-17(12-16)22-20(25)14-9-7-13(8-10-14)19(24)15-3-1-6-18(23)11-15/h1-6,11-14,23H,7-10H2,(H,22,25). The third kappa shape index (κ3) is 4.40. The molecule has 5 heteroatoms. The molecular formula is C20H20ClNO3. The Balaban J connectivity index is 1.56. The van der Waals surface area contributed by atoms with Gasteiger partial charge in [-0.2, -0.15) is 0 Å². The molecule has 2 N–H and O–H groups in total. The molecule has 2 aromatic rings. The summed E-state index contributed by atoms with van der Waals surface area (Å²) in [6.07, 6.45) is 2.73. The average Bonchev–Trinajstić information content (AvgIpc) is 2.61. The maximum atomic E-state index is 12.5. The van der Waals surface area contributed by atoms with E-state index in [2.05, 4.69) is 5.32 Å². The number of hydrogen-bond donors (Lipinski definition) is 2. The van der Waals surface area contributed by atoms with Gasteiger partial charge in [0.15, 0.2) is 5.78 Å². The van der Waals surface area contributed by atoms with E-state index in [0.717, 1.165) is 0 Å². The first-order valence-corrected chi connectivity index (χ1v) is 8.80. The van der Waals surface area contributed by atoms with Crippen LogP contribution < -0.4 is 5.32 Å². The van der Waals surface area contributed by atoms with Gasteiger partial charge in [0.1, 0.15) is 5.75 Å². The average molecular weight is 358 g/mol. The number of nitrogens with one attached hydrogen (secondary N) is 1. The minimum absolute atomic E-state index is 0.0227. The van der Waals surface area contributed by atoms with Crippen LogP contribution in [0.2, 0.25) is 5.02 Å². The molecule has 0 bridgehead atoms. The first-order chi connectivity index (χ1) is 12.0. The van der Waals surface area contributed by atoms with Crippen LogP contribution in [0.25, 0.3) is 0 Å². The summed E-state index contributed by atoms with van der Waals surface area (Å²) in [5.41, 5.74) is 1.22. The number of ketones is 1. The number of rotatable bonds is 4. The van der Waals surface area contributed by atoms with E-state index in [1.165, 1.54) is 6.07 Å². The summed E-state index contributed by atoms with van der Waals surface area (Å²) in [6, 6.07) is 13.5. The number of aromatic hydroxyl groups is 1. The predicted molar refractivity (Wildman–Crippen MR) is 98.0 cm³/mol. The number of anilines is 1. The van der Waals surface area contributed by atoms with E-state index < -0.39 is 0 Å². The van der Waals surface area contributed by atoms with Crippen LogP contribution in [0.5, 0.6) is 5.75 Å². The summed E-state index contributed by atoms with van der Waals surface area (Å²) in [4.78, 5) is 24.9. The highest BCUT2D eigenvalue weighted by Crippen LogP contribution is 2.32. The lowest BCUT2D eigenvalue weighted by Gasteiger charge is -2.27. The highest BCUT2D eigenvalue weighted by atomic mass is 35.5. The van der Waals surface area contributed by atoms with Gasteiger partial charge in [-0.15, -0.1) is 0 Å². The lowest BCUT2D eigenvalue weighted by Crippen LogP contribution is -2.29. The van der Waals surface area contributed by atoms with Crippen molar-refractivity contribution in [3.63, 3.8) is 0 Å². The molecule has 1 saturated carbocycles. The van der Waals surface area contributed by atoms with E-state index in [0.29, 0.717) is 42.0 Å². The second-order valence-corrected chi connectivity index (χ2v) is 6.90. The third-order valence-electron chi connectivity index (χ3n) is 4.69. The molecule has 130 valence electrons. The van der Waals surface area contributed by atoms with Crippen LogP contribution in [0.1, 0.15) is 36.0 Å². The molecule has 25 heavy (non-hydrogen) atoms. The number of benzene rings is 2. The van der Waals surface area contributed by atoms with Crippen molar-refractivity contribution in [2.75, 3.05) is 5.32 Å². The van der Waals surface area contributed by atoms with Crippen LogP contribution in [0.4, 0.5) is 5.69 Å². The van der Waals surface area contributed by atoms with Gasteiger partial charge in [-0.3, -0.25) is 9.59 Å². The normalized spacial score (nSPS) is 20.0. The fourth-order valence-corrected chi connectivity index (χ4v) is 3.51. The zero-order chi connectivity index (χ0) is 17.8. The van der Waals surface area contributed by atoms with E-state index in [1.807, 2.05) is 0 Å². The summed E-state index contributed by atoms with van der Waals surface area (Å²) in [6.45, 7) is 0. The quantitative estimate of drug-likeness (QED) is 0.781. The highest BCUT2D eigenvalue weighted by molar-refractivity contribution is 6.30. The smallest absolute Gasteiger partial charge is 0.227 e. The second-order valence-electron chi connectivity index (χ2n) is 6.46. The molecule has 1 fully saturated rings. The Morgan fingerprint density at radius 2 is 1.64 bits per heavy atom. The zero-order valence-electron chi connectivity index (χ0n) is 13.7. The van der Waals surface area contributed by atoms with Gasteiger partial charge in [-0.25, -0.2) is 0 Å². The molecular weight excluding hydrogens is 338 g/mol. The molecule has 0 aromatic heterocycles. The number of hydrogen-bond acceptors (Lipinski definition) is 3. The van der Waals surface area contributed by atoms with Gasteiger partial charge in [-0.1, -0.05) is 29.8 Å². The van der Waals surface area contributed by atoms with Crippen molar-refractivity contribution in [3.8, 4) is 5.75 Å². The monoisotopic (exact) mass is 357 g/mol. The Morgan fingerprint density at radius 1 is 0.960 bits per heavy atom. The minimum atomic E-state index is -0.0905. The highest BCUT2D eigenvalue weighted by Gasteiger charge is 2.30. The predicted octanol–water partition coefficient (Wildman–Crippen LogP) is 4.67. The van der Waals surface area contributed by atoms with Crippen molar-refractivity contribution in [2.45, 2.75) is 25.7 Å². The Morgan fingerprint density at radius 3 is 2.32 bits per heavy atom. The Kier molecular flexibility index (Phi) is 5.39. The molecule has 0 spiro atoms. The van der Waals surface area contributed by atoms with Gasteiger partial charge in [0.2, 0.25) is 5.91 Å². The van der Waals surface area contributed by atoms with Crippen LogP contribution in [-0.4, -0.2) is 16.8 Å². The SMILES string of the molecule is O=C(Nc1cccc(Cl)c1)C1CCC(C(=O)c2cccc(O)c2)CC1. The molecule has 1 amide bonds. The maximum Gasteiger partial charge on any atom is 0.227 e. The zero-order valence-corrected chi connectivity index (χ0v) is 14.5. The van der Waals surface area contributed by atoms with Gasteiger partial charge < -0.3 is 10.4 Å². The topological polar surface area (TPSA) is 66.4 Å². The van der Waals surface area contributed by atoms with E-state index in [-0.39, 0.29) is 29.3 Å². The fraction of sp³-hybridized carbons (Fsp3) is 0.300. The van der Waals surface area contributed by atoms with Gasteiger partial charge in [-0.05, 0) is 56.0 Å². The van der Waals surface area contributed by atoms with Crippen molar-refractivity contribution < 1.29 is 14.7 Å². The van der Waals surface area contributed by atoms with Crippen LogP contribution in [-0.2, 0) is 4.79 Å². The van der Waals surface area contributed by atoms with Crippen molar-refractivity contribution >= 4 is 29.0 Å². The largest absolute Gasteiger partial charge is 0.508 e. The lowest BCUT2D eigenvalue weighted by molar-refractivity contribution is -0.120. The van der Waals surface area contributed by atoms with Crippen LogP contribution in [0, 0.1) is 11.8 Å². The number of amides is 1. The van der Waals surface area contributed by atoms with Crippen molar-refractivity contribution in [1.29, 1.82) is 0 Å². The van der Waals surface area contributed by atoms with Gasteiger partial charge >= 0.3 is 0 Å². The van der Waals surface area contributed by atoms with E-state index in [9.17, 15) is 14.7 Å². The van der Waals surface area contributed by atoms with E-state index in [1.54, 1.807) is 42.5 Å². The Bertz CT molecular complexity index is 782. The molecule has 1 aliphatic rings. The number of carbonyl (C=O) groups excluding carboxylic acids is 2. The summed E-state index contributed by atoms with van der Waals surface area (Å²) in [7, 11) is 0. The first kappa shape index (κ1) is 17.5. The Labute approximate surface area is 151 Å².